The highest BCUT2D eigenvalue weighted by Crippen LogP contribution is 2.39. The molecule has 0 aliphatic carbocycles. The Morgan fingerprint density at radius 2 is 2.14 bits per heavy atom. The van der Waals surface area contributed by atoms with Gasteiger partial charge in [-0.05, 0) is 0 Å². The van der Waals surface area contributed by atoms with Crippen molar-refractivity contribution in [1.29, 1.82) is 5.26 Å². The molecule has 4 nitrogen and oxygen atoms in total. The fraction of sp³-hybridized carbons (Fsp3) is 0.222. The standard InChI is InChI=1S/C9H6FNO3/c10-8-5(4-11)9-7(3-6(8)12)13-1-2-14-9/h3,12H,1-2H2. The van der Waals surface area contributed by atoms with Gasteiger partial charge in [-0.15, -0.1) is 0 Å². The second-order valence-electron chi connectivity index (χ2n) is 2.72. The summed E-state index contributed by atoms with van der Waals surface area (Å²) in [7, 11) is 0. The van der Waals surface area contributed by atoms with Crippen LogP contribution >= 0.6 is 0 Å². The van der Waals surface area contributed by atoms with E-state index >= 15 is 0 Å². The molecule has 0 amide bonds. The van der Waals surface area contributed by atoms with Crippen molar-refractivity contribution in [2.24, 2.45) is 0 Å². The lowest BCUT2D eigenvalue weighted by atomic mass is 10.1. The maximum atomic E-state index is 13.2. The lowest BCUT2D eigenvalue weighted by Crippen LogP contribution is -2.16. The molecule has 1 aromatic rings. The summed E-state index contributed by atoms with van der Waals surface area (Å²) in [5.74, 6) is -1.32. The highest BCUT2D eigenvalue weighted by molar-refractivity contribution is 5.57. The fourth-order valence-electron chi connectivity index (χ4n) is 1.25. The molecule has 72 valence electrons. The van der Waals surface area contributed by atoms with Crippen LogP contribution in [0.25, 0.3) is 0 Å². The van der Waals surface area contributed by atoms with E-state index in [1.54, 1.807) is 6.07 Å². The molecule has 0 bridgehead atoms. The maximum absolute atomic E-state index is 13.2. The quantitative estimate of drug-likeness (QED) is 0.675. The van der Waals surface area contributed by atoms with Crippen LogP contribution in [-0.2, 0) is 0 Å². The number of ether oxygens (including phenoxy) is 2. The first-order valence-electron chi connectivity index (χ1n) is 3.95. The third-order valence-corrected chi connectivity index (χ3v) is 1.86. The molecular weight excluding hydrogens is 189 g/mol. The van der Waals surface area contributed by atoms with Gasteiger partial charge in [0.25, 0.3) is 0 Å². The summed E-state index contributed by atoms with van der Waals surface area (Å²) < 4.78 is 23.4. The number of fused-ring (bicyclic) bond motifs is 1. The van der Waals surface area contributed by atoms with E-state index in [0.717, 1.165) is 6.07 Å². The lowest BCUT2D eigenvalue weighted by molar-refractivity contribution is 0.169. The van der Waals surface area contributed by atoms with Crippen molar-refractivity contribution in [3.63, 3.8) is 0 Å². The molecule has 1 aliphatic rings. The first-order chi connectivity index (χ1) is 6.74. The topological polar surface area (TPSA) is 62.5 Å². The summed E-state index contributed by atoms with van der Waals surface area (Å²) in [4.78, 5) is 0. The van der Waals surface area contributed by atoms with E-state index in [1.165, 1.54) is 0 Å². The molecule has 0 spiro atoms. The van der Waals surface area contributed by atoms with Crippen LogP contribution in [-0.4, -0.2) is 18.3 Å². The molecular formula is C9H6FNO3. The lowest BCUT2D eigenvalue weighted by Gasteiger charge is -2.19. The second-order valence-corrected chi connectivity index (χ2v) is 2.72. The summed E-state index contributed by atoms with van der Waals surface area (Å²) in [6.45, 7) is 0.592. The van der Waals surface area contributed by atoms with Crippen LogP contribution in [0.5, 0.6) is 17.2 Å². The van der Waals surface area contributed by atoms with Crippen LogP contribution in [0.4, 0.5) is 4.39 Å². The fourth-order valence-corrected chi connectivity index (χ4v) is 1.25. The van der Waals surface area contributed by atoms with Gasteiger partial charge in [-0.3, -0.25) is 0 Å². The molecule has 1 N–H and O–H groups in total. The predicted molar refractivity (Wildman–Crippen MR) is 43.8 cm³/mol. The molecule has 14 heavy (non-hydrogen) atoms. The molecule has 0 saturated heterocycles. The number of phenolic OH excluding ortho intramolecular Hbond substituents is 1. The van der Waals surface area contributed by atoms with Gasteiger partial charge in [-0.1, -0.05) is 0 Å². The average Bonchev–Trinajstić information content (AvgIpc) is 2.20. The number of benzene rings is 1. The van der Waals surface area contributed by atoms with Gasteiger partial charge in [-0.2, -0.15) is 5.26 Å². The summed E-state index contributed by atoms with van der Waals surface area (Å²) >= 11 is 0. The van der Waals surface area contributed by atoms with E-state index in [1.807, 2.05) is 0 Å². The predicted octanol–water partition coefficient (Wildman–Crippen LogP) is 1.17. The van der Waals surface area contributed by atoms with Gasteiger partial charge >= 0.3 is 0 Å². The van der Waals surface area contributed by atoms with Crippen molar-refractivity contribution in [1.82, 2.24) is 0 Å². The summed E-state index contributed by atoms with van der Waals surface area (Å²) in [5, 5.41) is 17.8. The van der Waals surface area contributed by atoms with E-state index < -0.39 is 11.6 Å². The van der Waals surface area contributed by atoms with Gasteiger partial charge in [-0.25, -0.2) is 4.39 Å². The SMILES string of the molecule is N#Cc1c(F)c(O)cc2c1OCCO2. The zero-order valence-electron chi connectivity index (χ0n) is 7.08. The van der Waals surface area contributed by atoms with Gasteiger partial charge in [0, 0.05) is 6.07 Å². The Bertz CT molecular complexity index is 425. The number of hydrogen-bond donors (Lipinski definition) is 1. The Balaban J connectivity index is 2.67. The Morgan fingerprint density at radius 3 is 2.86 bits per heavy atom. The van der Waals surface area contributed by atoms with Gasteiger partial charge in [0.05, 0.1) is 0 Å². The monoisotopic (exact) mass is 195 g/mol. The van der Waals surface area contributed by atoms with Crippen molar-refractivity contribution in [3.8, 4) is 23.3 Å². The van der Waals surface area contributed by atoms with Crippen LogP contribution in [0.15, 0.2) is 6.07 Å². The molecule has 5 heteroatoms. The highest BCUT2D eigenvalue weighted by Gasteiger charge is 2.22. The van der Waals surface area contributed by atoms with Crippen LogP contribution in [0.2, 0.25) is 0 Å². The highest BCUT2D eigenvalue weighted by atomic mass is 19.1. The molecule has 0 atom stereocenters. The van der Waals surface area contributed by atoms with Gasteiger partial charge in [0.2, 0.25) is 0 Å². The average molecular weight is 195 g/mol. The number of rotatable bonds is 0. The smallest absolute Gasteiger partial charge is 0.186 e. The third-order valence-electron chi connectivity index (χ3n) is 1.86. The van der Waals surface area contributed by atoms with Crippen molar-refractivity contribution >= 4 is 0 Å². The number of hydrogen-bond acceptors (Lipinski definition) is 4. The van der Waals surface area contributed by atoms with Gasteiger partial charge < -0.3 is 14.6 Å². The van der Waals surface area contributed by atoms with Crippen LogP contribution in [0.3, 0.4) is 0 Å². The Hall–Kier alpha value is -1.96. The molecule has 0 unspecified atom stereocenters. The number of nitrogens with zero attached hydrogens (tertiary/aromatic N) is 1. The minimum Gasteiger partial charge on any atom is -0.505 e. The van der Waals surface area contributed by atoms with Crippen LogP contribution in [0.1, 0.15) is 5.56 Å². The minimum atomic E-state index is -0.975. The molecule has 1 aromatic carbocycles. The number of halogens is 1. The maximum Gasteiger partial charge on any atom is 0.186 e. The summed E-state index contributed by atoms with van der Waals surface area (Å²) in [6, 6.07) is 2.73. The third kappa shape index (κ3) is 1.12. The van der Waals surface area contributed by atoms with Crippen molar-refractivity contribution < 1.29 is 19.0 Å². The van der Waals surface area contributed by atoms with Crippen LogP contribution < -0.4 is 9.47 Å². The van der Waals surface area contributed by atoms with Crippen molar-refractivity contribution in [2.45, 2.75) is 0 Å². The minimum absolute atomic E-state index is 0.0639. The van der Waals surface area contributed by atoms with Gasteiger partial charge in [0.15, 0.2) is 23.1 Å². The summed E-state index contributed by atoms with van der Waals surface area (Å²) in [6.07, 6.45) is 0. The normalized spacial score (nSPS) is 13.4. The van der Waals surface area contributed by atoms with E-state index in [0.29, 0.717) is 6.61 Å². The van der Waals surface area contributed by atoms with Crippen molar-refractivity contribution in [2.75, 3.05) is 13.2 Å². The molecule has 1 heterocycles. The zero-order valence-corrected chi connectivity index (χ0v) is 7.08. The zero-order chi connectivity index (χ0) is 10.1. The van der Waals surface area contributed by atoms with Crippen LogP contribution in [0, 0.1) is 17.1 Å². The van der Waals surface area contributed by atoms with E-state index in [9.17, 15) is 4.39 Å². The van der Waals surface area contributed by atoms with Gasteiger partial charge in [0.1, 0.15) is 24.8 Å². The molecule has 0 saturated carbocycles. The molecule has 0 fully saturated rings. The van der Waals surface area contributed by atoms with E-state index in [-0.39, 0.29) is 23.7 Å². The Kier molecular flexibility index (Phi) is 1.89. The van der Waals surface area contributed by atoms with E-state index in [4.69, 9.17) is 19.8 Å². The van der Waals surface area contributed by atoms with E-state index in [2.05, 4.69) is 0 Å². The summed E-state index contributed by atoms with van der Waals surface area (Å²) in [5.41, 5.74) is -0.320. The largest absolute Gasteiger partial charge is 0.505 e. The second kappa shape index (κ2) is 3.07. The Labute approximate surface area is 79.1 Å². The first kappa shape index (κ1) is 8.63. The molecule has 0 aromatic heterocycles. The number of nitriles is 1. The molecule has 2 rings (SSSR count). The molecule has 0 radical (unpaired) electrons. The number of phenols is 1. The van der Waals surface area contributed by atoms with Crippen molar-refractivity contribution in [3.05, 3.63) is 17.4 Å². The molecule has 1 aliphatic heterocycles. The Morgan fingerprint density at radius 1 is 1.43 bits per heavy atom. The first-order valence-corrected chi connectivity index (χ1v) is 3.95. The number of aromatic hydroxyl groups is 1.